The number of hydrogen-bond acceptors (Lipinski definition) is 4. The quantitative estimate of drug-likeness (QED) is 0.756. The lowest BCUT2D eigenvalue weighted by molar-refractivity contribution is -0.133. The first-order chi connectivity index (χ1) is 9.69. The topological polar surface area (TPSA) is 55.3 Å². The summed E-state index contributed by atoms with van der Waals surface area (Å²) in [5.74, 6) is 0.190. The standard InChI is InChI=1S/C13H17BrClN3O2/c14-5-1-4-12(19)18-6-2-3-11(9-18)20-13-16-7-10(15)8-17-13/h7-8,11H,1-6,9H2. The van der Waals surface area contributed by atoms with Gasteiger partial charge in [0.15, 0.2) is 0 Å². The molecule has 0 aliphatic carbocycles. The molecule has 1 atom stereocenters. The summed E-state index contributed by atoms with van der Waals surface area (Å²) in [4.78, 5) is 21.9. The third-order valence-corrected chi connectivity index (χ3v) is 3.88. The van der Waals surface area contributed by atoms with Crippen LogP contribution in [0.1, 0.15) is 25.7 Å². The van der Waals surface area contributed by atoms with Gasteiger partial charge in [-0.1, -0.05) is 27.5 Å². The minimum atomic E-state index is -0.0437. The van der Waals surface area contributed by atoms with E-state index in [9.17, 15) is 4.79 Å². The van der Waals surface area contributed by atoms with Crippen molar-refractivity contribution in [3.8, 4) is 6.01 Å². The summed E-state index contributed by atoms with van der Waals surface area (Å²) in [5, 5.41) is 1.33. The fourth-order valence-corrected chi connectivity index (χ4v) is 2.53. The highest BCUT2D eigenvalue weighted by Gasteiger charge is 2.25. The molecule has 5 nitrogen and oxygen atoms in total. The van der Waals surface area contributed by atoms with Crippen LogP contribution in [0.25, 0.3) is 0 Å². The number of rotatable bonds is 5. The van der Waals surface area contributed by atoms with Crippen LogP contribution in [0.5, 0.6) is 6.01 Å². The molecule has 1 aromatic heterocycles. The molecule has 0 spiro atoms. The normalized spacial score (nSPS) is 18.9. The number of carbonyl (C=O) groups excluding carboxylic acids is 1. The van der Waals surface area contributed by atoms with Crippen molar-refractivity contribution in [2.45, 2.75) is 31.8 Å². The average molecular weight is 363 g/mol. The fraction of sp³-hybridized carbons (Fsp3) is 0.615. The Morgan fingerprint density at radius 3 is 2.95 bits per heavy atom. The number of likely N-dealkylation sites (tertiary alicyclic amines) is 1. The van der Waals surface area contributed by atoms with Gasteiger partial charge in [-0.25, -0.2) is 9.97 Å². The van der Waals surface area contributed by atoms with Crippen molar-refractivity contribution in [2.75, 3.05) is 18.4 Å². The molecular formula is C13H17BrClN3O2. The molecule has 0 bridgehead atoms. The Bertz CT molecular complexity index is 444. The molecule has 110 valence electrons. The molecular weight excluding hydrogens is 346 g/mol. The largest absolute Gasteiger partial charge is 0.458 e. The molecule has 1 fully saturated rings. The van der Waals surface area contributed by atoms with Crippen molar-refractivity contribution in [3.05, 3.63) is 17.4 Å². The minimum Gasteiger partial charge on any atom is -0.458 e. The number of amides is 1. The maximum Gasteiger partial charge on any atom is 0.316 e. The van der Waals surface area contributed by atoms with Crippen molar-refractivity contribution >= 4 is 33.4 Å². The Kier molecular flexibility index (Phi) is 6.04. The molecule has 7 heteroatoms. The Labute approximate surface area is 131 Å². The van der Waals surface area contributed by atoms with Gasteiger partial charge in [-0.2, -0.15) is 0 Å². The van der Waals surface area contributed by atoms with Crippen LogP contribution in [0.15, 0.2) is 12.4 Å². The number of piperidine rings is 1. The number of halogens is 2. The lowest BCUT2D eigenvalue weighted by atomic mass is 10.1. The molecule has 2 heterocycles. The summed E-state index contributed by atoms with van der Waals surface area (Å²) in [5.41, 5.74) is 0. The third-order valence-electron chi connectivity index (χ3n) is 3.12. The summed E-state index contributed by atoms with van der Waals surface area (Å²) in [6, 6.07) is 0.314. The van der Waals surface area contributed by atoms with Crippen molar-refractivity contribution in [1.82, 2.24) is 14.9 Å². The Hall–Kier alpha value is -0.880. The van der Waals surface area contributed by atoms with Gasteiger partial charge in [0.1, 0.15) is 6.10 Å². The van der Waals surface area contributed by atoms with Crippen LogP contribution in [-0.4, -0.2) is 45.3 Å². The smallest absolute Gasteiger partial charge is 0.316 e. The predicted octanol–water partition coefficient (Wildman–Crippen LogP) is 2.67. The van der Waals surface area contributed by atoms with Crippen LogP contribution in [0, 0.1) is 0 Å². The van der Waals surface area contributed by atoms with Gasteiger partial charge in [0.05, 0.1) is 24.0 Å². The molecule has 0 aromatic carbocycles. The molecule has 1 unspecified atom stereocenters. The molecule has 1 saturated heterocycles. The first-order valence-electron chi connectivity index (χ1n) is 6.67. The van der Waals surface area contributed by atoms with Gasteiger partial charge in [0.25, 0.3) is 0 Å². The summed E-state index contributed by atoms with van der Waals surface area (Å²) in [6.07, 6.45) is 6.26. The van der Waals surface area contributed by atoms with Gasteiger partial charge >= 0.3 is 6.01 Å². The monoisotopic (exact) mass is 361 g/mol. The lowest BCUT2D eigenvalue weighted by Gasteiger charge is -2.32. The van der Waals surface area contributed by atoms with E-state index >= 15 is 0 Å². The maximum absolute atomic E-state index is 12.0. The number of alkyl halides is 1. The highest BCUT2D eigenvalue weighted by molar-refractivity contribution is 9.09. The first kappa shape index (κ1) is 15.5. The molecule has 1 aliphatic heterocycles. The van der Waals surface area contributed by atoms with E-state index in [-0.39, 0.29) is 12.0 Å². The summed E-state index contributed by atoms with van der Waals surface area (Å²) < 4.78 is 5.71. The van der Waals surface area contributed by atoms with Crippen LogP contribution in [0.2, 0.25) is 5.02 Å². The summed E-state index contributed by atoms with van der Waals surface area (Å²) >= 11 is 9.07. The molecule has 1 aliphatic rings. The van der Waals surface area contributed by atoms with Crippen LogP contribution < -0.4 is 4.74 Å². The highest BCUT2D eigenvalue weighted by Crippen LogP contribution is 2.17. The Morgan fingerprint density at radius 2 is 2.25 bits per heavy atom. The van der Waals surface area contributed by atoms with Crippen LogP contribution >= 0.6 is 27.5 Å². The van der Waals surface area contributed by atoms with Gasteiger partial charge < -0.3 is 9.64 Å². The number of ether oxygens (including phenoxy) is 1. The second kappa shape index (κ2) is 7.78. The Morgan fingerprint density at radius 1 is 1.50 bits per heavy atom. The Balaban J connectivity index is 1.86. The first-order valence-corrected chi connectivity index (χ1v) is 8.17. The van der Waals surface area contributed by atoms with Crippen LogP contribution in [0.4, 0.5) is 0 Å². The van der Waals surface area contributed by atoms with Gasteiger partial charge in [-0.15, -0.1) is 0 Å². The second-order valence-corrected chi connectivity index (χ2v) is 5.93. The maximum atomic E-state index is 12.0. The van der Waals surface area contributed by atoms with E-state index in [1.165, 1.54) is 12.4 Å². The molecule has 2 rings (SSSR count). The SMILES string of the molecule is O=C(CCCBr)N1CCCC(Oc2ncc(Cl)cn2)C1. The van der Waals surface area contributed by atoms with Crippen LogP contribution in [0.3, 0.4) is 0 Å². The fourth-order valence-electron chi connectivity index (χ4n) is 2.15. The molecule has 1 amide bonds. The van der Waals surface area contributed by atoms with E-state index in [1.54, 1.807) is 0 Å². The van der Waals surface area contributed by atoms with Crippen molar-refractivity contribution in [3.63, 3.8) is 0 Å². The van der Waals surface area contributed by atoms with Gasteiger partial charge in [0, 0.05) is 18.3 Å². The van der Waals surface area contributed by atoms with E-state index in [2.05, 4.69) is 25.9 Å². The van der Waals surface area contributed by atoms with Gasteiger partial charge in [-0.3, -0.25) is 4.79 Å². The average Bonchev–Trinajstić information content (AvgIpc) is 2.47. The zero-order valence-electron chi connectivity index (χ0n) is 11.1. The van der Waals surface area contributed by atoms with E-state index in [0.717, 1.165) is 31.1 Å². The third kappa shape index (κ3) is 4.59. The van der Waals surface area contributed by atoms with Crippen molar-refractivity contribution < 1.29 is 9.53 Å². The van der Waals surface area contributed by atoms with Gasteiger partial charge in [0.2, 0.25) is 5.91 Å². The van der Waals surface area contributed by atoms with Crippen LogP contribution in [-0.2, 0) is 4.79 Å². The summed E-state index contributed by atoms with van der Waals surface area (Å²) in [7, 11) is 0. The van der Waals surface area contributed by atoms with Gasteiger partial charge in [-0.05, 0) is 19.3 Å². The highest BCUT2D eigenvalue weighted by atomic mass is 79.9. The molecule has 0 saturated carbocycles. The molecule has 0 N–H and O–H groups in total. The summed E-state index contributed by atoms with van der Waals surface area (Å²) in [6.45, 7) is 1.41. The number of hydrogen-bond donors (Lipinski definition) is 0. The molecule has 0 radical (unpaired) electrons. The predicted molar refractivity (Wildman–Crippen MR) is 80.3 cm³/mol. The van der Waals surface area contributed by atoms with Crippen molar-refractivity contribution in [1.29, 1.82) is 0 Å². The van der Waals surface area contributed by atoms with E-state index in [4.69, 9.17) is 16.3 Å². The second-order valence-electron chi connectivity index (χ2n) is 4.70. The number of aromatic nitrogens is 2. The zero-order valence-corrected chi connectivity index (χ0v) is 13.4. The molecule has 20 heavy (non-hydrogen) atoms. The number of carbonyl (C=O) groups is 1. The van der Waals surface area contributed by atoms with E-state index in [0.29, 0.717) is 24.0 Å². The van der Waals surface area contributed by atoms with E-state index in [1.807, 2.05) is 4.90 Å². The molecule has 1 aromatic rings. The van der Waals surface area contributed by atoms with Crippen molar-refractivity contribution in [2.24, 2.45) is 0 Å². The minimum absolute atomic E-state index is 0.0437. The number of nitrogens with zero attached hydrogens (tertiary/aromatic N) is 3. The lowest BCUT2D eigenvalue weighted by Crippen LogP contribution is -2.44. The zero-order chi connectivity index (χ0) is 14.4. The van der Waals surface area contributed by atoms with E-state index < -0.39 is 0 Å².